The molecule has 0 N–H and O–H groups in total. The van der Waals surface area contributed by atoms with E-state index in [0.717, 1.165) is 0 Å². The van der Waals surface area contributed by atoms with E-state index < -0.39 is 39.2 Å². The first-order valence-electron chi connectivity index (χ1n) is 3.50. The first-order chi connectivity index (χ1) is 11.2. The van der Waals surface area contributed by atoms with Crippen LogP contribution in [0.4, 0.5) is 0 Å². The van der Waals surface area contributed by atoms with Crippen LogP contribution in [-0.2, 0) is 92.3 Å². The van der Waals surface area contributed by atoms with E-state index in [0.29, 0.717) is 26.1 Å². The molecule has 0 aliphatic heterocycles. The number of rotatable bonds is 0. The summed E-state index contributed by atoms with van der Waals surface area (Å²) in [6.07, 6.45) is 0. The largest absolute Gasteiger partial charge is 2.00 e. The van der Waals surface area contributed by atoms with Crippen molar-refractivity contribution < 1.29 is 92.3 Å². The van der Waals surface area contributed by atoms with Crippen LogP contribution in [0.25, 0.3) is 0 Å². The molecule has 0 aromatic heterocycles. The van der Waals surface area contributed by atoms with Crippen LogP contribution in [0.1, 0.15) is 0 Å². The van der Waals surface area contributed by atoms with E-state index in [1.54, 1.807) is 9.94 Å². The molecule has 0 atom stereocenters. The molecule has 0 aliphatic rings. The third-order valence-electron chi connectivity index (χ3n) is 0.203. The molecule has 2 radical (unpaired) electrons. The summed E-state index contributed by atoms with van der Waals surface area (Å²) in [6.45, 7) is 23.8. The van der Waals surface area contributed by atoms with Gasteiger partial charge in [-0.2, -0.15) is 0 Å². The molecular weight excluding hydrogens is 1030 g/mol. The van der Waals surface area contributed by atoms with E-state index in [1.807, 2.05) is 10.8 Å². The van der Waals surface area contributed by atoms with Crippen molar-refractivity contribution in [2.75, 3.05) is 0 Å². The molecule has 0 rings (SSSR count). The average Bonchev–Trinajstić information content (AvgIpc) is 2.66. The third kappa shape index (κ3) is 1000. The van der Waals surface area contributed by atoms with Crippen molar-refractivity contribution in [3.05, 3.63) is 32.9 Å². The van der Waals surface area contributed by atoms with E-state index in [4.69, 9.17) is 85.5 Å². The Morgan fingerprint density at radius 1 is 0.654 bits per heavy atom. The Morgan fingerprint density at radius 3 is 0.808 bits per heavy atom. The molecule has 0 fully saturated rings. The summed E-state index contributed by atoms with van der Waals surface area (Å²) in [5, 5.41) is 69.3. The van der Waals surface area contributed by atoms with Gasteiger partial charge in [0.25, 0.3) is 0 Å². The zero-order chi connectivity index (χ0) is 20.9. The van der Waals surface area contributed by atoms with Gasteiger partial charge < -0.3 is 59.2 Å². The van der Waals surface area contributed by atoms with Crippen LogP contribution in [0.5, 0.6) is 0 Å². The van der Waals surface area contributed by atoms with Gasteiger partial charge in [-0.15, -0.1) is 0 Å². The second-order valence-corrected chi connectivity index (χ2v) is 5.93. The van der Waals surface area contributed by atoms with E-state index in [9.17, 15) is 0 Å². The standard InChI is InChI=1S/C2N2Se.8CN.Ag.Cd.Hg.Ni.Pb/c3-1-5-2-4;8*1-2;;;;;/q;;;;5*-1;+1;+2;;+2;. The molecule has 0 saturated carbocycles. The molecule has 0 bridgehead atoms. The van der Waals surface area contributed by atoms with E-state index in [1.165, 1.54) is 0 Å². The van der Waals surface area contributed by atoms with Crippen molar-refractivity contribution >= 4 is 39.2 Å². The maximum absolute atomic E-state index is 7.68. The number of hydrogen-bond donors (Lipinski definition) is 0. The molecule has 0 amide bonds. The van der Waals surface area contributed by atoms with Gasteiger partial charge in [0.1, 0.15) is 0 Å². The van der Waals surface area contributed by atoms with Gasteiger partial charge in [-0.25, -0.2) is 0 Å². The minimum atomic E-state index is -1.34. The minimum absolute atomic E-state index is 0. The van der Waals surface area contributed by atoms with Crippen LogP contribution in [0.15, 0.2) is 0 Å². The van der Waals surface area contributed by atoms with Crippen LogP contribution < -0.4 is 0 Å². The zero-order valence-corrected chi connectivity index (χ0v) is 30.0. The quantitative estimate of drug-likeness (QED) is 0.229. The predicted molar refractivity (Wildman–Crippen MR) is 64.4 cm³/mol. The molecule has 0 heterocycles. The fourth-order valence-electron chi connectivity index (χ4n) is 0.0454. The summed E-state index contributed by atoms with van der Waals surface area (Å²) in [5.74, 6) is 0. The Kier molecular flexibility index (Phi) is 909. The summed E-state index contributed by atoms with van der Waals surface area (Å²) < 4.78 is 5.65. The Hall–Kier alpha value is -0.568. The van der Waals surface area contributed by atoms with E-state index in [2.05, 4.69) is 0 Å². The second-order valence-electron chi connectivity index (χ2n) is 0.791. The van der Waals surface area contributed by atoms with Gasteiger partial charge in [0, 0.05) is 0 Å². The maximum Gasteiger partial charge on any atom is 2.00 e. The van der Waals surface area contributed by atoms with Crippen molar-refractivity contribution in [1.82, 2.24) is 0 Å². The molecule has 0 aliphatic carbocycles. The van der Waals surface area contributed by atoms with Crippen molar-refractivity contribution in [2.24, 2.45) is 0 Å². The van der Waals surface area contributed by atoms with Crippen molar-refractivity contribution in [1.29, 1.82) is 52.6 Å². The van der Waals surface area contributed by atoms with Crippen LogP contribution >= 0.6 is 0 Å². The van der Waals surface area contributed by atoms with Gasteiger partial charge in [0.05, 0.1) is 0 Å². The smallest absolute Gasteiger partial charge is 0.512 e. The second kappa shape index (κ2) is 324. The Bertz CT molecular complexity index is 422. The van der Waals surface area contributed by atoms with Gasteiger partial charge in [-0.05, 0) is 0 Å². The molecule has 26 heavy (non-hydrogen) atoms. The summed E-state index contributed by atoms with van der Waals surface area (Å²) in [7, 11) is 0. The SMILES string of the molecule is N#C[Se]C#N.N#[C][Hg].N#[C][Pb][C]#N.[Ag+].[C-]#N.[C-]#N.[C-]#N.[C-]#N.[C-]#N.[Cd+2].[Ni+2]. The van der Waals surface area contributed by atoms with Crippen LogP contribution in [0.2, 0.25) is 0 Å². The van der Waals surface area contributed by atoms with Gasteiger partial charge in [-0.1, -0.05) is 0 Å². The minimum Gasteiger partial charge on any atom is -0.512 e. The number of nitrogens with zero attached hydrogens (tertiary/aromatic N) is 10. The Labute approximate surface area is 234 Å². The molecule has 10 nitrogen and oxygen atoms in total. The maximum atomic E-state index is 7.68. The summed E-state index contributed by atoms with van der Waals surface area (Å²) in [5.41, 5.74) is 0. The Balaban J connectivity index is -0.0000000113. The van der Waals surface area contributed by atoms with Gasteiger partial charge >= 0.3 is 179 Å². The van der Waals surface area contributed by atoms with Crippen molar-refractivity contribution in [3.63, 3.8) is 0 Å². The number of nitriles is 5. The molecular formula is C10AgCdHgN10NiPbSe. The topological polar surface area (TPSA) is 238 Å². The molecule has 0 spiro atoms. The van der Waals surface area contributed by atoms with Gasteiger partial charge in [-0.3, -0.25) is 0 Å². The first kappa shape index (κ1) is 72.9. The van der Waals surface area contributed by atoms with Crippen LogP contribution in [-0.4, -0.2) is 39.2 Å². The molecule has 0 unspecified atom stereocenters. The van der Waals surface area contributed by atoms with Crippen molar-refractivity contribution in [3.8, 4) is 20.8 Å². The molecule has 125 valence electrons. The van der Waals surface area contributed by atoms with Crippen LogP contribution in [0, 0.1) is 106 Å². The summed E-state index contributed by atoms with van der Waals surface area (Å²) in [4.78, 5) is 3.44. The number of hydrogen-bond acceptors (Lipinski definition) is 10. The molecule has 0 aromatic rings. The van der Waals surface area contributed by atoms with Gasteiger partial charge in [0.2, 0.25) is 0 Å². The molecule has 0 saturated heterocycles. The summed E-state index contributed by atoms with van der Waals surface area (Å²) in [6, 6.07) is 0. The first-order valence-corrected chi connectivity index (χ1v) is 11.8. The molecule has 16 heteroatoms. The molecule has 0 aromatic carbocycles. The third-order valence-corrected chi connectivity index (χ3v) is 1.46. The van der Waals surface area contributed by atoms with Gasteiger partial charge in [0.15, 0.2) is 0 Å². The normalized spacial score (nSPS) is 2.42. The van der Waals surface area contributed by atoms with Crippen LogP contribution in [0.3, 0.4) is 0 Å². The monoisotopic (exact) mass is 1030 g/mol. The Morgan fingerprint density at radius 2 is 0.808 bits per heavy atom. The van der Waals surface area contributed by atoms with Crippen molar-refractivity contribution in [2.45, 2.75) is 0 Å². The fraction of sp³-hybridized carbons (Fsp3) is 0. The summed E-state index contributed by atoms with van der Waals surface area (Å²) >= 11 is -1.40. The average molecular weight is 1030 g/mol. The predicted octanol–water partition coefficient (Wildman–Crippen LogP) is -0.206. The van der Waals surface area contributed by atoms with E-state index >= 15 is 0 Å². The zero-order valence-electron chi connectivity index (χ0n) is 12.4. The fourth-order valence-corrected chi connectivity index (χ4v) is 0.325. The van der Waals surface area contributed by atoms with E-state index in [-0.39, 0.29) is 66.2 Å².